The van der Waals surface area contributed by atoms with Gasteiger partial charge in [-0.15, -0.1) is 0 Å². The summed E-state index contributed by atoms with van der Waals surface area (Å²) in [6.45, 7) is 6.14. The summed E-state index contributed by atoms with van der Waals surface area (Å²) in [6, 6.07) is -0.147. The molecular formula is C9H19N3O. The molecule has 13 heavy (non-hydrogen) atoms. The average Bonchev–Trinajstić information content (AvgIpc) is 2.50. The van der Waals surface area contributed by atoms with E-state index in [1.165, 1.54) is 6.42 Å². The van der Waals surface area contributed by atoms with Gasteiger partial charge in [0.05, 0.1) is 0 Å². The van der Waals surface area contributed by atoms with E-state index >= 15 is 0 Å². The second-order valence-corrected chi connectivity index (χ2v) is 4.18. The Morgan fingerprint density at radius 2 is 2.38 bits per heavy atom. The molecule has 0 aliphatic carbocycles. The van der Waals surface area contributed by atoms with Crippen molar-refractivity contribution in [2.75, 3.05) is 13.1 Å². The number of hydrogen-bond acceptors (Lipinski definition) is 2. The first-order chi connectivity index (χ1) is 6.13. The molecule has 0 spiro atoms. The number of carbonyl (C=O) groups is 1. The van der Waals surface area contributed by atoms with Gasteiger partial charge in [0.2, 0.25) is 0 Å². The molecule has 4 heteroatoms. The summed E-state index contributed by atoms with van der Waals surface area (Å²) >= 11 is 0. The SMILES string of the molecule is CC(C)CC1CCN(C(=O)NN)C1. The summed E-state index contributed by atoms with van der Waals surface area (Å²) in [7, 11) is 0. The van der Waals surface area contributed by atoms with Gasteiger partial charge < -0.3 is 4.90 Å². The van der Waals surface area contributed by atoms with Gasteiger partial charge in [-0.25, -0.2) is 10.6 Å². The number of nitrogens with zero attached hydrogens (tertiary/aromatic N) is 1. The van der Waals surface area contributed by atoms with Crippen LogP contribution < -0.4 is 11.3 Å². The lowest BCUT2D eigenvalue weighted by molar-refractivity contribution is 0.206. The molecule has 76 valence electrons. The quantitative estimate of drug-likeness (QED) is 0.382. The smallest absolute Gasteiger partial charge is 0.323 e. The highest BCUT2D eigenvalue weighted by Crippen LogP contribution is 2.22. The minimum Gasteiger partial charge on any atom is -0.323 e. The Hall–Kier alpha value is -0.770. The molecule has 1 unspecified atom stereocenters. The van der Waals surface area contributed by atoms with Crippen molar-refractivity contribution in [3.8, 4) is 0 Å². The third-order valence-corrected chi connectivity index (χ3v) is 2.50. The van der Waals surface area contributed by atoms with E-state index in [-0.39, 0.29) is 6.03 Å². The fraction of sp³-hybridized carbons (Fsp3) is 0.889. The van der Waals surface area contributed by atoms with E-state index in [0.717, 1.165) is 19.5 Å². The Bertz CT molecular complexity index is 182. The van der Waals surface area contributed by atoms with Gasteiger partial charge in [0.1, 0.15) is 0 Å². The molecule has 1 fully saturated rings. The third-order valence-electron chi connectivity index (χ3n) is 2.50. The minimum atomic E-state index is -0.147. The molecule has 0 radical (unpaired) electrons. The standard InChI is InChI=1S/C9H19N3O/c1-7(2)5-8-3-4-12(6-8)9(13)11-10/h7-8H,3-6,10H2,1-2H3,(H,11,13). The molecule has 3 N–H and O–H groups in total. The van der Waals surface area contributed by atoms with Crippen molar-refractivity contribution < 1.29 is 4.79 Å². The van der Waals surface area contributed by atoms with Crippen LogP contribution in [0, 0.1) is 11.8 Å². The zero-order chi connectivity index (χ0) is 9.84. The summed E-state index contributed by atoms with van der Waals surface area (Å²) in [5.74, 6) is 6.44. The van der Waals surface area contributed by atoms with Gasteiger partial charge in [0.25, 0.3) is 0 Å². The van der Waals surface area contributed by atoms with Crippen molar-refractivity contribution in [2.45, 2.75) is 26.7 Å². The van der Waals surface area contributed by atoms with Crippen LogP contribution in [-0.4, -0.2) is 24.0 Å². The van der Waals surface area contributed by atoms with Gasteiger partial charge in [-0.2, -0.15) is 0 Å². The molecule has 2 amide bonds. The number of amides is 2. The molecule has 0 bridgehead atoms. The summed E-state index contributed by atoms with van der Waals surface area (Å²) in [5, 5.41) is 0. The van der Waals surface area contributed by atoms with Crippen molar-refractivity contribution >= 4 is 6.03 Å². The van der Waals surface area contributed by atoms with E-state index in [9.17, 15) is 4.79 Å². The van der Waals surface area contributed by atoms with Crippen LogP contribution in [0.4, 0.5) is 4.79 Å². The second-order valence-electron chi connectivity index (χ2n) is 4.18. The Kier molecular flexibility index (Phi) is 3.54. The van der Waals surface area contributed by atoms with Crippen LogP contribution >= 0.6 is 0 Å². The zero-order valence-corrected chi connectivity index (χ0v) is 8.42. The summed E-state index contributed by atoms with van der Waals surface area (Å²) < 4.78 is 0. The number of carbonyl (C=O) groups excluding carboxylic acids is 1. The van der Waals surface area contributed by atoms with Gasteiger partial charge in [0.15, 0.2) is 0 Å². The first kappa shape index (κ1) is 10.3. The highest BCUT2D eigenvalue weighted by atomic mass is 16.2. The van der Waals surface area contributed by atoms with E-state index < -0.39 is 0 Å². The predicted molar refractivity (Wildman–Crippen MR) is 51.9 cm³/mol. The monoisotopic (exact) mass is 185 g/mol. The Labute approximate surface area is 79.4 Å². The lowest BCUT2D eigenvalue weighted by Crippen LogP contribution is -2.42. The first-order valence-electron chi connectivity index (χ1n) is 4.89. The van der Waals surface area contributed by atoms with Crippen LogP contribution in [0.5, 0.6) is 0 Å². The van der Waals surface area contributed by atoms with Crippen LogP contribution in [-0.2, 0) is 0 Å². The number of nitrogens with two attached hydrogens (primary N) is 1. The van der Waals surface area contributed by atoms with E-state index in [0.29, 0.717) is 11.8 Å². The number of rotatable bonds is 2. The Morgan fingerprint density at radius 1 is 1.69 bits per heavy atom. The van der Waals surface area contributed by atoms with Gasteiger partial charge in [0, 0.05) is 13.1 Å². The fourth-order valence-electron chi connectivity index (χ4n) is 1.97. The molecule has 0 saturated carbocycles. The van der Waals surface area contributed by atoms with E-state index in [4.69, 9.17) is 5.84 Å². The van der Waals surface area contributed by atoms with E-state index in [1.54, 1.807) is 4.90 Å². The third kappa shape index (κ3) is 2.88. The van der Waals surface area contributed by atoms with Crippen LogP contribution in [0.25, 0.3) is 0 Å². The molecule has 1 aliphatic rings. The van der Waals surface area contributed by atoms with Crippen molar-refractivity contribution in [2.24, 2.45) is 17.7 Å². The number of likely N-dealkylation sites (tertiary alicyclic amines) is 1. The van der Waals surface area contributed by atoms with Crippen molar-refractivity contribution in [3.63, 3.8) is 0 Å². The van der Waals surface area contributed by atoms with Gasteiger partial charge >= 0.3 is 6.03 Å². The van der Waals surface area contributed by atoms with E-state index in [2.05, 4.69) is 19.3 Å². The maximum absolute atomic E-state index is 11.1. The summed E-state index contributed by atoms with van der Waals surface area (Å²) in [5.41, 5.74) is 2.17. The van der Waals surface area contributed by atoms with Crippen LogP contribution in [0.1, 0.15) is 26.7 Å². The molecule has 1 rings (SSSR count). The second kappa shape index (κ2) is 4.46. The average molecular weight is 185 g/mol. The number of hydrazine groups is 1. The van der Waals surface area contributed by atoms with Crippen molar-refractivity contribution in [3.05, 3.63) is 0 Å². The maximum atomic E-state index is 11.1. The van der Waals surface area contributed by atoms with Crippen molar-refractivity contribution in [1.29, 1.82) is 0 Å². The van der Waals surface area contributed by atoms with Crippen LogP contribution in [0.3, 0.4) is 0 Å². The molecule has 1 heterocycles. The molecule has 0 aromatic rings. The molecule has 4 nitrogen and oxygen atoms in total. The fourth-order valence-corrected chi connectivity index (χ4v) is 1.97. The number of urea groups is 1. The number of hydrogen-bond donors (Lipinski definition) is 2. The minimum absolute atomic E-state index is 0.147. The molecule has 0 aromatic heterocycles. The lowest BCUT2D eigenvalue weighted by Gasteiger charge is -2.16. The van der Waals surface area contributed by atoms with Crippen LogP contribution in [0.15, 0.2) is 0 Å². The molecule has 1 saturated heterocycles. The van der Waals surface area contributed by atoms with Crippen molar-refractivity contribution in [1.82, 2.24) is 10.3 Å². The topological polar surface area (TPSA) is 58.4 Å². The van der Waals surface area contributed by atoms with Gasteiger partial charge in [-0.3, -0.25) is 5.43 Å². The Balaban J connectivity index is 2.32. The molecule has 1 aliphatic heterocycles. The highest BCUT2D eigenvalue weighted by molar-refractivity contribution is 5.73. The van der Waals surface area contributed by atoms with E-state index in [1.807, 2.05) is 0 Å². The molecule has 1 atom stereocenters. The first-order valence-corrected chi connectivity index (χ1v) is 4.89. The molecule has 0 aromatic carbocycles. The molecular weight excluding hydrogens is 166 g/mol. The van der Waals surface area contributed by atoms with Gasteiger partial charge in [-0.05, 0) is 24.7 Å². The predicted octanol–water partition coefficient (Wildman–Crippen LogP) is 0.938. The normalized spacial score (nSPS) is 22.5. The Morgan fingerprint density at radius 3 is 2.92 bits per heavy atom. The largest absolute Gasteiger partial charge is 0.331 e. The zero-order valence-electron chi connectivity index (χ0n) is 8.42. The van der Waals surface area contributed by atoms with Gasteiger partial charge in [-0.1, -0.05) is 13.8 Å². The summed E-state index contributed by atoms with van der Waals surface area (Å²) in [4.78, 5) is 12.9. The summed E-state index contributed by atoms with van der Waals surface area (Å²) in [6.07, 6.45) is 2.32. The highest BCUT2D eigenvalue weighted by Gasteiger charge is 2.25. The van der Waals surface area contributed by atoms with Crippen LogP contribution in [0.2, 0.25) is 0 Å². The lowest BCUT2D eigenvalue weighted by atomic mass is 9.97. The maximum Gasteiger partial charge on any atom is 0.331 e. The number of nitrogens with one attached hydrogen (secondary N) is 1.